The molecule has 0 saturated heterocycles. The first-order valence-electron chi connectivity index (χ1n) is 9.56. The Bertz CT molecular complexity index is 955. The molecule has 5 heteroatoms. The number of benzene rings is 2. The molecule has 1 aliphatic carbocycles. The van der Waals surface area contributed by atoms with E-state index in [2.05, 4.69) is 14.9 Å². The zero-order valence-corrected chi connectivity index (χ0v) is 15.5. The third-order valence-electron chi connectivity index (χ3n) is 5.75. The highest BCUT2D eigenvalue weighted by atomic mass is 19.1. The van der Waals surface area contributed by atoms with Gasteiger partial charge >= 0.3 is 0 Å². The number of hydrogen-bond acceptors (Lipinski definition) is 2. The molecule has 4 nitrogen and oxygen atoms in total. The third-order valence-corrected chi connectivity index (χ3v) is 5.75. The second kappa shape index (κ2) is 7.14. The minimum atomic E-state index is -0.528. The van der Waals surface area contributed by atoms with E-state index in [-0.39, 0.29) is 11.7 Å². The molecule has 2 aromatic carbocycles. The minimum absolute atomic E-state index is 0.0497. The summed E-state index contributed by atoms with van der Waals surface area (Å²) in [5.74, 6) is 0.725. The van der Waals surface area contributed by atoms with E-state index in [0.717, 1.165) is 48.1 Å². The summed E-state index contributed by atoms with van der Waals surface area (Å²) in [6.07, 6.45) is 3.68. The van der Waals surface area contributed by atoms with E-state index in [1.165, 1.54) is 12.1 Å². The number of aryl methyl sites for hydroxylation is 1. The summed E-state index contributed by atoms with van der Waals surface area (Å²) in [6.45, 7) is 3.21. The monoisotopic (exact) mass is 365 g/mol. The normalized spacial score (nSPS) is 15.9. The second-order valence-electron chi connectivity index (χ2n) is 7.35. The molecule has 0 aliphatic heterocycles. The fourth-order valence-electron chi connectivity index (χ4n) is 4.32. The maximum Gasteiger partial charge on any atom is 0.230 e. The van der Waals surface area contributed by atoms with Crippen molar-refractivity contribution in [1.82, 2.24) is 14.9 Å². The van der Waals surface area contributed by atoms with Crippen LogP contribution in [0.25, 0.3) is 11.0 Å². The van der Waals surface area contributed by atoms with Crippen molar-refractivity contribution in [2.45, 2.75) is 44.6 Å². The standard InChI is InChI=1S/C22H24FN3O/c1-16-25-19-6-2-3-7-20(19)26(16)15-14-24-21(27)22(12-4-5-13-22)17-8-10-18(23)11-9-17/h2-3,6-11H,4-5,12-15H2,1H3,(H,24,27). The molecular formula is C22H24FN3O. The van der Waals surface area contributed by atoms with Gasteiger partial charge in [0, 0.05) is 13.1 Å². The fourth-order valence-corrected chi connectivity index (χ4v) is 4.32. The Morgan fingerprint density at radius 3 is 2.59 bits per heavy atom. The van der Waals surface area contributed by atoms with Crippen molar-refractivity contribution in [2.24, 2.45) is 0 Å². The number of amides is 1. The van der Waals surface area contributed by atoms with Gasteiger partial charge in [0.25, 0.3) is 0 Å². The maximum atomic E-state index is 13.3. The van der Waals surface area contributed by atoms with Crippen LogP contribution < -0.4 is 5.32 Å². The van der Waals surface area contributed by atoms with Gasteiger partial charge in [-0.1, -0.05) is 37.1 Å². The average Bonchev–Trinajstić information content (AvgIpc) is 3.28. The Balaban J connectivity index is 1.49. The van der Waals surface area contributed by atoms with Crippen molar-refractivity contribution < 1.29 is 9.18 Å². The van der Waals surface area contributed by atoms with Crippen LogP contribution in [0.4, 0.5) is 4.39 Å². The molecule has 4 rings (SSSR count). The Morgan fingerprint density at radius 1 is 1.15 bits per heavy atom. The first-order valence-corrected chi connectivity index (χ1v) is 9.56. The van der Waals surface area contributed by atoms with Gasteiger partial charge in [-0.05, 0) is 49.6 Å². The van der Waals surface area contributed by atoms with Crippen LogP contribution >= 0.6 is 0 Å². The first kappa shape index (κ1) is 17.7. The molecule has 27 heavy (non-hydrogen) atoms. The number of hydrogen-bond donors (Lipinski definition) is 1. The molecule has 1 amide bonds. The smallest absolute Gasteiger partial charge is 0.230 e. The van der Waals surface area contributed by atoms with E-state index < -0.39 is 5.41 Å². The predicted molar refractivity (Wildman–Crippen MR) is 104 cm³/mol. The van der Waals surface area contributed by atoms with Gasteiger partial charge < -0.3 is 9.88 Å². The fraction of sp³-hybridized carbons (Fsp3) is 0.364. The predicted octanol–water partition coefficient (Wildman–Crippen LogP) is 4.11. The summed E-state index contributed by atoms with van der Waals surface area (Å²) in [4.78, 5) is 17.7. The minimum Gasteiger partial charge on any atom is -0.354 e. The average molecular weight is 365 g/mol. The van der Waals surface area contributed by atoms with E-state index >= 15 is 0 Å². The Labute approximate surface area is 158 Å². The number of para-hydroxylation sites is 2. The SMILES string of the molecule is Cc1nc2ccccc2n1CCNC(=O)C1(c2ccc(F)cc2)CCCC1. The lowest BCUT2D eigenvalue weighted by molar-refractivity contribution is -0.126. The largest absolute Gasteiger partial charge is 0.354 e. The number of carbonyl (C=O) groups is 1. The number of nitrogens with zero attached hydrogens (tertiary/aromatic N) is 2. The molecule has 1 saturated carbocycles. The van der Waals surface area contributed by atoms with Gasteiger partial charge in [0.1, 0.15) is 11.6 Å². The van der Waals surface area contributed by atoms with Gasteiger partial charge in [0.15, 0.2) is 0 Å². The van der Waals surface area contributed by atoms with Crippen molar-refractivity contribution in [2.75, 3.05) is 6.54 Å². The van der Waals surface area contributed by atoms with Crippen LogP contribution in [0.1, 0.15) is 37.1 Å². The third kappa shape index (κ3) is 3.22. The topological polar surface area (TPSA) is 46.9 Å². The number of fused-ring (bicyclic) bond motifs is 1. The van der Waals surface area contributed by atoms with Gasteiger partial charge in [0.2, 0.25) is 5.91 Å². The van der Waals surface area contributed by atoms with Gasteiger partial charge in [-0.25, -0.2) is 9.37 Å². The number of halogens is 1. The molecule has 1 aliphatic rings. The second-order valence-corrected chi connectivity index (χ2v) is 7.35. The van der Waals surface area contributed by atoms with Gasteiger partial charge in [0.05, 0.1) is 16.4 Å². The zero-order valence-electron chi connectivity index (χ0n) is 15.5. The highest BCUT2D eigenvalue weighted by molar-refractivity contribution is 5.88. The molecule has 0 radical (unpaired) electrons. The summed E-state index contributed by atoms with van der Waals surface area (Å²) in [5, 5.41) is 3.13. The summed E-state index contributed by atoms with van der Waals surface area (Å²) in [5.41, 5.74) is 2.45. The molecule has 1 N–H and O–H groups in total. The number of nitrogens with one attached hydrogen (secondary N) is 1. The van der Waals surface area contributed by atoms with Crippen molar-refractivity contribution in [1.29, 1.82) is 0 Å². The van der Waals surface area contributed by atoms with Gasteiger partial charge in [-0.15, -0.1) is 0 Å². The summed E-state index contributed by atoms with van der Waals surface area (Å²) in [6, 6.07) is 14.4. The molecule has 0 spiro atoms. The molecule has 1 fully saturated rings. The lowest BCUT2D eigenvalue weighted by atomic mass is 9.78. The number of aromatic nitrogens is 2. The Morgan fingerprint density at radius 2 is 1.85 bits per heavy atom. The van der Waals surface area contributed by atoms with E-state index in [1.54, 1.807) is 12.1 Å². The van der Waals surface area contributed by atoms with Crippen molar-refractivity contribution >= 4 is 16.9 Å². The highest BCUT2D eigenvalue weighted by Gasteiger charge is 2.42. The summed E-state index contributed by atoms with van der Waals surface area (Å²) >= 11 is 0. The van der Waals surface area contributed by atoms with E-state index in [4.69, 9.17) is 0 Å². The van der Waals surface area contributed by atoms with E-state index in [9.17, 15) is 9.18 Å². The lowest BCUT2D eigenvalue weighted by Gasteiger charge is -2.28. The number of imidazole rings is 1. The van der Waals surface area contributed by atoms with Crippen LogP contribution in [-0.2, 0) is 16.8 Å². The molecule has 1 aromatic heterocycles. The lowest BCUT2D eigenvalue weighted by Crippen LogP contribution is -2.43. The van der Waals surface area contributed by atoms with Crippen LogP contribution in [0.5, 0.6) is 0 Å². The molecular weight excluding hydrogens is 341 g/mol. The van der Waals surface area contributed by atoms with Gasteiger partial charge in [-0.3, -0.25) is 4.79 Å². The maximum absolute atomic E-state index is 13.3. The Kier molecular flexibility index (Phi) is 4.68. The van der Waals surface area contributed by atoms with Crippen molar-refractivity contribution in [3.63, 3.8) is 0 Å². The van der Waals surface area contributed by atoms with Crippen LogP contribution in [-0.4, -0.2) is 22.0 Å². The van der Waals surface area contributed by atoms with Gasteiger partial charge in [-0.2, -0.15) is 0 Å². The number of rotatable bonds is 5. The first-order chi connectivity index (χ1) is 13.1. The molecule has 1 heterocycles. The number of carbonyl (C=O) groups excluding carboxylic acids is 1. The Hall–Kier alpha value is -2.69. The quantitative estimate of drug-likeness (QED) is 0.740. The van der Waals surface area contributed by atoms with Crippen LogP contribution in [0, 0.1) is 12.7 Å². The summed E-state index contributed by atoms with van der Waals surface area (Å²) < 4.78 is 15.4. The van der Waals surface area contributed by atoms with E-state index in [0.29, 0.717) is 13.1 Å². The molecule has 3 aromatic rings. The van der Waals surface area contributed by atoms with Crippen LogP contribution in [0.3, 0.4) is 0 Å². The molecule has 0 unspecified atom stereocenters. The molecule has 0 bridgehead atoms. The van der Waals surface area contributed by atoms with Crippen LogP contribution in [0.2, 0.25) is 0 Å². The van der Waals surface area contributed by atoms with E-state index in [1.807, 2.05) is 31.2 Å². The zero-order chi connectivity index (χ0) is 18.9. The summed E-state index contributed by atoms with van der Waals surface area (Å²) in [7, 11) is 0. The molecule has 140 valence electrons. The molecule has 0 atom stereocenters. The van der Waals surface area contributed by atoms with Crippen molar-refractivity contribution in [3.05, 3.63) is 65.7 Å². The van der Waals surface area contributed by atoms with Crippen LogP contribution in [0.15, 0.2) is 48.5 Å². The highest BCUT2D eigenvalue weighted by Crippen LogP contribution is 2.41. The van der Waals surface area contributed by atoms with Crippen molar-refractivity contribution in [3.8, 4) is 0 Å².